The van der Waals surface area contributed by atoms with Crippen LogP contribution < -0.4 is 4.74 Å². The van der Waals surface area contributed by atoms with E-state index in [0.29, 0.717) is 6.61 Å². The van der Waals surface area contributed by atoms with Gasteiger partial charge in [0.2, 0.25) is 5.91 Å². The number of amides is 1. The van der Waals surface area contributed by atoms with Gasteiger partial charge in [-0.2, -0.15) is 0 Å². The average Bonchev–Trinajstić information content (AvgIpc) is 2.76. The molecule has 0 aromatic heterocycles. The minimum absolute atomic E-state index is 0.126. The lowest BCUT2D eigenvalue weighted by Gasteiger charge is -2.17. The van der Waals surface area contributed by atoms with Crippen molar-refractivity contribution in [2.24, 2.45) is 0 Å². The quantitative estimate of drug-likeness (QED) is 0.786. The Morgan fingerprint density at radius 1 is 1.15 bits per heavy atom. The molecule has 1 aliphatic rings. The highest BCUT2D eigenvalue weighted by Crippen LogP contribution is 2.14. The fourth-order valence-electron chi connectivity index (χ4n) is 2.41. The van der Waals surface area contributed by atoms with Crippen LogP contribution in [0, 0.1) is 0 Å². The van der Waals surface area contributed by atoms with E-state index in [1.807, 2.05) is 42.2 Å². The first-order chi connectivity index (χ1) is 9.79. The van der Waals surface area contributed by atoms with E-state index in [2.05, 4.69) is 0 Å². The summed E-state index contributed by atoms with van der Waals surface area (Å²) in [5, 5.41) is 0. The molecule has 2 rings (SSSR count). The van der Waals surface area contributed by atoms with Crippen LogP contribution in [0.4, 0.5) is 0 Å². The van der Waals surface area contributed by atoms with Gasteiger partial charge >= 0.3 is 0 Å². The molecule has 0 atom stereocenters. The van der Waals surface area contributed by atoms with E-state index in [0.717, 1.165) is 37.2 Å². The average molecular weight is 273 g/mol. The second-order valence-corrected chi connectivity index (χ2v) is 5.07. The third-order valence-electron chi connectivity index (χ3n) is 3.53. The minimum Gasteiger partial charge on any atom is -0.494 e. The zero-order valence-electron chi connectivity index (χ0n) is 12.2. The van der Waals surface area contributed by atoms with Crippen molar-refractivity contribution in [3.63, 3.8) is 0 Å². The van der Waals surface area contributed by atoms with Crippen molar-refractivity contribution in [1.82, 2.24) is 4.90 Å². The van der Waals surface area contributed by atoms with Crippen molar-refractivity contribution in [3.05, 3.63) is 35.9 Å². The minimum atomic E-state index is 0.126. The number of ether oxygens (including phenoxy) is 1. The van der Waals surface area contributed by atoms with Crippen LogP contribution in [0.5, 0.6) is 5.75 Å². The van der Waals surface area contributed by atoms with E-state index < -0.39 is 0 Å². The molecule has 3 heteroatoms. The van der Waals surface area contributed by atoms with Crippen LogP contribution in [0.2, 0.25) is 0 Å². The van der Waals surface area contributed by atoms with E-state index in [1.54, 1.807) is 6.08 Å². The molecule has 3 nitrogen and oxygen atoms in total. The van der Waals surface area contributed by atoms with Crippen molar-refractivity contribution in [1.29, 1.82) is 0 Å². The molecular formula is C17H23NO2. The van der Waals surface area contributed by atoms with E-state index >= 15 is 0 Å². The van der Waals surface area contributed by atoms with Crippen LogP contribution >= 0.6 is 0 Å². The Bertz CT molecular complexity index is 443. The van der Waals surface area contributed by atoms with E-state index in [9.17, 15) is 4.79 Å². The number of hydrogen-bond donors (Lipinski definition) is 0. The lowest BCUT2D eigenvalue weighted by Crippen LogP contribution is -2.30. The van der Waals surface area contributed by atoms with E-state index in [-0.39, 0.29) is 5.91 Å². The number of benzene rings is 1. The lowest BCUT2D eigenvalue weighted by molar-refractivity contribution is -0.125. The Hall–Kier alpha value is -1.77. The Labute approximate surface area is 121 Å². The zero-order valence-corrected chi connectivity index (χ0v) is 12.2. The Balaban J connectivity index is 1.92. The van der Waals surface area contributed by atoms with E-state index in [1.165, 1.54) is 12.8 Å². The fraction of sp³-hybridized carbons (Fsp3) is 0.471. The first-order valence-corrected chi connectivity index (χ1v) is 7.49. The number of carbonyl (C=O) groups excluding carboxylic acids is 1. The number of hydrogen-bond acceptors (Lipinski definition) is 2. The van der Waals surface area contributed by atoms with Crippen LogP contribution in [0.25, 0.3) is 6.08 Å². The van der Waals surface area contributed by atoms with Crippen molar-refractivity contribution < 1.29 is 9.53 Å². The molecule has 20 heavy (non-hydrogen) atoms. The number of nitrogens with zero attached hydrogens (tertiary/aromatic N) is 1. The molecule has 108 valence electrons. The highest BCUT2D eigenvalue weighted by Gasteiger charge is 2.12. The van der Waals surface area contributed by atoms with Gasteiger partial charge in [0.05, 0.1) is 6.61 Å². The maximum atomic E-state index is 12.1. The van der Waals surface area contributed by atoms with Gasteiger partial charge in [-0.25, -0.2) is 0 Å². The van der Waals surface area contributed by atoms with Gasteiger partial charge in [-0.3, -0.25) is 4.79 Å². The largest absolute Gasteiger partial charge is 0.494 e. The molecule has 1 fully saturated rings. The maximum Gasteiger partial charge on any atom is 0.246 e. The summed E-state index contributed by atoms with van der Waals surface area (Å²) in [4.78, 5) is 14.1. The number of likely N-dealkylation sites (tertiary alicyclic amines) is 1. The second kappa shape index (κ2) is 7.73. The first kappa shape index (κ1) is 14.6. The van der Waals surface area contributed by atoms with Gasteiger partial charge in [-0.15, -0.1) is 0 Å². The molecule has 1 aromatic carbocycles. The van der Waals surface area contributed by atoms with Gasteiger partial charge in [-0.1, -0.05) is 25.0 Å². The topological polar surface area (TPSA) is 29.5 Å². The van der Waals surface area contributed by atoms with Gasteiger partial charge in [-0.05, 0) is 43.5 Å². The Kier molecular flexibility index (Phi) is 5.66. The highest BCUT2D eigenvalue weighted by atomic mass is 16.5. The summed E-state index contributed by atoms with van der Waals surface area (Å²) < 4.78 is 5.40. The summed E-state index contributed by atoms with van der Waals surface area (Å²) in [6, 6.07) is 7.80. The predicted octanol–water partition coefficient (Wildman–Crippen LogP) is 3.50. The molecule has 0 aliphatic carbocycles. The number of carbonyl (C=O) groups is 1. The molecule has 0 spiro atoms. The first-order valence-electron chi connectivity index (χ1n) is 7.49. The number of rotatable bonds is 4. The lowest BCUT2D eigenvalue weighted by atomic mass is 10.2. The molecule has 0 unspecified atom stereocenters. The molecule has 0 N–H and O–H groups in total. The van der Waals surface area contributed by atoms with Gasteiger partial charge in [0.1, 0.15) is 5.75 Å². The standard InChI is InChI=1S/C17H23NO2/c1-2-20-16-10-7-15(8-11-16)9-12-17(19)18-13-5-3-4-6-14-18/h7-12H,2-6,13-14H2,1H3. The monoisotopic (exact) mass is 273 g/mol. The molecule has 1 heterocycles. The van der Waals surface area contributed by atoms with Gasteiger partial charge in [0, 0.05) is 19.2 Å². The molecule has 1 aromatic rings. The third kappa shape index (κ3) is 4.41. The smallest absolute Gasteiger partial charge is 0.246 e. The van der Waals surface area contributed by atoms with Crippen LogP contribution in [0.3, 0.4) is 0 Å². The Morgan fingerprint density at radius 3 is 2.40 bits per heavy atom. The molecule has 0 bridgehead atoms. The van der Waals surface area contributed by atoms with Gasteiger partial charge in [0.15, 0.2) is 0 Å². The summed E-state index contributed by atoms with van der Waals surface area (Å²) >= 11 is 0. The summed E-state index contributed by atoms with van der Waals surface area (Å²) in [6.07, 6.45) is 8.30. The fourth-order valence-corrected chi connectivity index (χ4v) is 2.41. The van der Waals surface area contributed by atoms with Crippen LogP contribution in [-0.4, -0.2) is 30.5 Å². The normalized spacial score (nSPS) is 16.1. The van der Waals surface area contributed by atoms with Crippen molar-refractivity contribution in [2.75, 3.05) is 19.7 Å². The van der Waals surface area contributed by atoms with Crippen LogP contribution in [0.1, 0.15) is 38.2 Å². The van der Waals surface area contributed by atoms with Crippen LogP contribution in [-0.2, 0) is 4.79 Å². The summed E-state index contributed by atoms with van der Waals surface area (Å²) in [5.41, 5.74) is 1.02. The van der Waals surface area contributed by atoms with Gasteiger partial charge in [0.25, 0.3) is 0 Å². The zero-order chi connectivity index (χ0) is 14.2. The molecule has 0 radical (unpaired) electrons. The third-order valence-corrected chi connectivity index (χ3v) is 3.53. The molecule has 1 saturated heterocycles. The predicted molar refractivity (Wildman–Crippen MR) is 81.7 cm³/mol. The van der Waals surface area contributed by atoms with Crippen molar-refractivity contribution in [2.45, 2.75) is 32.6 Å². The molecular weight excluding hydrogens is 250 g/mol. The van der Waals surface area contributed by atoms with Gasteiger partial charge < -0.3 is 9.64 Å². The summed E-state index contributed by atoms with van der Waals surface area (Å²) in [5.74, 6) is 0.990. The molecule has 0 saturated carbocycles. The second-order valence-electron chi connectivity index (χ2n) is 5.07. The summed E-state index contributed by atoms with van der Waals surface area (Å²) in [6.45, 7) is 4.43. The molecule has 1 amide bonds. The Morgan fingerprint density at radius 2 is 1.80 bits per heavy atom. The highest BCUT2D eigenvalue weighted by molar-refractivity contribution is 5.91. The van der Waals surface area contributed by atoms with Crippen molar-refractivity contribution >= 4 is 12.0 Å². The van der Waals surface area contributed by atoms with Crippen LogP contribution in [0.15, 0.2) is 30.3 Å². The van der Waals surface area contributed by atoms with Crippen molar-refractivity contribution in [3.8, 4) is 5.75 Å². The SMILES string of the molecule is CCOc1ccc(C=CC(=O)N2CCCCCC2)cc1. The molecule has 1 aliphatic heterocycles. The van der Waals surface area contributed by atoms with E-state index in [4.69, 9.17) is 4.74 Å². The maximum absolute atomic E-state index is 12.1. The summed E-state index contributed by atoms with van der Waals surface area (Å²) in [7, 11) is 0.